The van der Waals surface area contributed by atoms with Gasteiger partial charge in [0, 0.05) is 31.7 Å². The first-order valence-electron chi connectivity index (χ1n) is 7.78. The minimum Gasteiger partial charge on any atom is -0.379 e. The summed E-state index contributed by atoms with van der Waals surface area (Å²) in [5, 5.41) is 6.04. The number of rotatable bonds is 7. The van der Waals surface area contributed by atoms with E-state index in [4.69, 9.17) is 4.74 Å². The zero-order valence-corrected chi connectivity index (χ0v) is 13.0. The Kier molecular flexibility index (Phi) is 6.76. The highest BCUT2D eigenvalue weighted by atomic mass is 19.1. The van der Waals surface area contributed by atoms with E-state index in [2.05, 4.69) is 10.6 Å². The molecule has 2 rings (SSSR count). The molecular formula is C16H24FN3O2. The Morgan fingerprint density at radius 2 is 2.05 bits per heavy atom. The molecule has 1 fully saturated rings. The number of likely N-dealkylation sites (N-methyl/N-ethyl adjacent to an activating group) is 1. The molecule has 0 aromatic heterocycles. The van der Waals surface area contributed by atoms with Crippen molar-refractivity contribution in [3.63, 3.8) is 0 Å². The molecule has 0 bridgehead atoms. The summed E-state index contributed by atoms with van der Waals surface area (Å²) >= 11 is 0. The number of ether oxygens (including phenoxy) is 1. The van der Waals surface area contributed by atoms with Crippen LogP contribution in [0.3, 0.4) is 0 Å². The molecule has 1 amide bonds. The molecule has 1 aliphatic rings. The number of benzene rings is 1. The number of amides is 1. The van der Waals surface area contributed by atoms with Gasteiger partial charge in [0.1, 0.15) is 11.9 Å². The Balaban J connectivity index is 2.10. The molecule has 0 spiro atoms. The summed E-state index contributed by atoms with van der Waals surface area (Å²) in [4.78, 5) is 14.5. The molecule has 2 N–H and O–H groups in total. The lowest BCUT2D eigenvalue weighted by Gasteiger charge is -2.34. The van der Waals surface area contributed by atoms with Gasteiger partial charge in [-0.15, -0.1) is 0 Å². The van der Waals surface area contributed by atoms with Crippen molar-refractivity contribution in [1.82, 2.24) is 15.5 Å². The first kappa shape index (κ1) is 16.9. The third-order valence-corrected chi connectivity index (χ3v) is 3.71. The van der Waals surface area contributed by atoms with Gasteiger partial charge in [-0.25, -0.2) is 4.39 Å². The lowest BCUT2D eigenvalue weighted by atomic mass is 10.0. The molecule has 6 heteroatoms. The van der Waals surface area contributed by atoms with Gasteiger partial charge in [-0.05, 0) is 12.6 Å². The van der Waals surface area contributed by atoms with E-state index in [9.17, 15) is 9.18 Å². The van der Waals surface area contributed by atoms with Crippen LogP contribution in [-0.4, -0.2) is 56.7 Å². The lowest BCUT2D eigenvalue weighted by Crippen LogP contribution is -2.47. The van der Waals surface area contributed by atoms with Crippen LogP contribution < -0.4 is 10.6 Å². The van der Waals surface area contributed by atoms with Crippen molar-refractivity contribution in [1.29, 1.82) is 0 Å². The summed E-state index contributed by atoms with van der Waals surface area (Å²) in [5.74, 6) is -0.509. The first-order chi connectivity index (χ1) is 10.7. The zero-order chi connectivity index (χ0) is 15.8. The highest BCUT2D eigenvalue weighted by Gasteiger charge is 2.30. The second kappa shape index (κ2) is 8.82. The van der Waals surface area contributed by atoms with Crippen molar-refractivity contribution in [2.45, 2.75) is 13.0 Å². The van der Waals surface area contributed by atoms with Crippen molar-refractivity contribution in [2.24, 2.45) is 0 Å². The van der Waals surface area contributed by atoms with Crippen molar-refractivity contribution < 1.29 is 13.9 Å². The zero-order valence-electron chi connectivity index (χ0n) is 13.0. The molecule has 1 aromatic rings. The number of morpholine rings is 1. The molecule has 1 unspecified atom stereocenters. The first-order valence-corrected chi connectivity index (χ1v) is 7.78. The van der Waals surface area contributed by atoms with E-state index in [1.165, 1.54) is 6.07 Å². The molecule has 0 radical (unpaired) electrons. The summed E-state index contributed by atoms with van der Waals surface area (Å²) in [6, 6.07) is 5.87. The molecule has 1 saturated heterocycles. The number of halogens is 1. The molecule has 0 saturated carbocycles. The van der Waals surface area contributed by atoms with Crippen LogP contribution in [0.25, 0.3) is 0 Å². The summed E-state index contributed by atoms with van der Waals surface area (Å²) in [6.07, 6.45) is 0. The van der Waals surface area contributed by atoms with E-state index >= 15 is 0 Å². The number of nitrogens with one attached hydrogen (secondary N) is 2. The Labute approximate surface area is 130 Å². The lowest BCUT2D eigenvalue weighted by molar-refractivity contribution is -0.128. The molecular weight excluding hydrogens is 285 g/mol. The fourth-order valence-electron chi connectivity index (χ4n) is 2.58. The largest absolute Gasteiger partial charge is 0.379 e. The number of carbonyl (C=O) groups excluding carboxylic acids is 1. The molecule has 22 heavy (non-hydrogen) atoms. The maximum atomic E-state index is 14.1. The van der Waals surface area contributed by atoms with Gasteiger partial charge in [-0.2, -0.15) is 0 Å². The summed E-state index contributed by atoms with van der Waals surface area (Å²) < 4.78 is 19.5. The highest BCUT2D eigenvalue weighted by molar-refractivity contribution is 5.83. The second-order valence-electron chi connectivity index (χ2n) is 5.22. The number of nitrogens with zero attached hydrogens (tertiary/aromatic N) is 1. The minimum absolute atomic E-state index is 0.162. The smallest absolute Gasteiger partial charge is 0.242 e. The van der Waals surface area contributed by atoms with Crippen molar-refractivity contribution in [2.75, 3.05) is 45.9 Å². The molecule has 0 aliphatic carbocycles. The van der Waals surface area contributed by atoms with Gasteiger partial charge in [0.05, 0.1) is 13.2 Å². The third kappa shape index (κ3) is 4.50. The Morgan fingerprint density at radius 1 is 1.32 bits per heavy atom. The van der Waals surface area contributed by atoms with Gasteiger partial charge < -0.3 is 15.4 Å². The van der Waals surface area contributed by atoms with E-state index in [1.54, 1.807) is 18.2 Å². The molecule has 1 heterocycles. The van der Waals surface area contributed by atoms with E-state index in [0.29, 0.717) is 45.0 Å². The maximum Gasteiger partial charge on any atom is 0.242 e. The van der Waals surface area contributed by atoms with Crippen LogP contribution in [0.1, 0.15) is 18.5 Å². The van der Waals surface area contributed by atoms with Crippen LogP contribution in [0.5, 0.6) is 0 Å². The van der Waals surface area contributed by atoms with Crippen LogP contribution in [0.15, 0.2) is 24.3 Å². The summed E-state index contributed by atoms with van der Waals surface area (Å²) in [7, 11) is 0. The van der Waals surface area contributed by atoms with E-state index < -0.39 is 6.04 Å². The third-order valence-electron chi connectivity index (χ3n) is 3.71. The summed E-state index contributed by atoms with van der Waals surface area (Å²) in [5.41, 5.74) is 0.422. The predicted molar refractivity (Wildman–Crippen MR) is 83.1 cm³/mol. The Bertz CT molecular complexity index is 478. The van der Waals surface area contributed by atoms with E-state index in [0.717, 1.165) is 6.54 Å². The molecule has 122 valence electrons. The standard InChI is InChI=1S/C16H24FN3O2/c1-2-18-7-8-19-16(21)15(20-9-11-22-12-10-20)13-5-3-4-6-14(13)17/h3-6,15,18H,2,7-12H2,1H3,(H,19,21). The monoisotopic (exact) mass is 309 g/mol. The normalized spacial score (nSPS) is 17.2. The van der Waals surface area contributed by atoms with Crippen LogP contribution >= 0.6 is 0 Å². The highest BCUT2D eigenvalue weighted by Crippen LogP contribution is 2.24. The maximum absolute atomic E-state index is 14.1. The number of hydrogen-bond acceptors (Lipinski definition) is 4. The van der Waals surface area contributed by atoms with Gasteiger partial charge in [-0.1, -0.05) is 25.1 Å². The van der Waals surface area contributed by atoms with Crippen molar-refractivity contribution in [3.8, 4) is 0 Å². The van der Waals surface area contributed by atoms with E-state index in [-0.39, 0.29) is 11.7 Å². The van der Waals surface area contributed by atoms with Crippen LogP contribution in [-0.2, 0) is 9.53 Å². The Morgan fingerprint density at radius 3 is 2.73 bits per heavy atom. The fourth-order valence-corrected chi connectivity index (χ4v) is 2.58. The SMILES string of the molecule is CCNCCNC(=O)C(c1ccccc1F)N1CCOCC1. The van der Waals surface area contributed by atoms with Gasteiger partial charge >= 0.3 is 0 Å². The second-order valence-corrected chi connectivity index (χ2v) is 5.22. The fraction of sp³-hybridized carbons (Fsp3) is 0.562. The van der Waals surface area contributed by atoms with Gasteiger partial charge in [0.25, 0.3) is 0 Å². The summed E-state index contributed by atoms with van der Waals surface area (Å²) in [6.45, 7) is 6.48. The average Bonchev–Trinajstić information content (AvgIpc) is 2.55. The van der Waals surface area contributed by atoms with Gasteiger partial charge in [0.2, 0.25) is 5.91 Å². The topological polar surface area (TPSA) is 53.6 Å². The number of hydrogen-bond donors (Lipinski definition) is 2. The van der Waals surface area contributed by atoms with Crippen molar-refractivity contribution in [3.05, 3.63) is 35.6 Å². The molecule has 1 atom stereocenters. The van der Waals surface area contributed by atoms with Crippen LogP contribution in [0.4, 0.5) is 4.39 Å². The molecule has 5 nitrogen and oxygen atoms in total. The van der Waals surface area contributed by atoms with E-state index in [1.807, 2.05) is 11.8 Å². The average molecular weight is 309 g/mol. The van der Waals surface area contributed by atoms with Gasteiger partial charge in [0.15, 0.2) is 0 Å². The molecule has 1 aliphatic heterocycles. The minimum atomic E-state index is -0.605. The number of carbonyl (C=O) groups is 1. The quantitative estimate of drug-likeness (QED) is 0.736. The Hall–Kier alpha value is -1.50. The predicted octanol–water partition coefficient (Wildman–Crippen LogP) is 0.925. The van der Waals surface area contributed by atoms with Crippen LogP contribution in [0, 0.1) is 5.82 Å². The van der Waals surface area contributed by atoms with Crippen LogP contribution in [0.2, 0.25) is 0 Å². The van der Waals surface area contributed by atoms with Gasteiger partial charge in [-0.3, -0.25) is 9.69 Å². The molecule has 1 aromatic carbocycles. The van der Waals surface area contributed by atoms with Crippen molar-refractivity contribution >= 4 is 5.91 Å².